The number of rotatable bonds is 3. The molecule has 4 fully saturated rings. The summed E-state index contributed by atoms with van der Waals surface area (Å²) in [6.07, 6.45) is 2.26. The first-order valence-corrected chi connectivity index (χ1v) is 9.55. The van der Waals surface area contributed by atoms with Crippen LogP contribution in [0.5, 0.6) is 5.75 Å². The second-order valence-corrected chi connectivity index (χ2v) is 8.24. The number of epoxide rings is 1. The van der Waals surface area contributed by atoms with E-state index in [9.17, 15) is 4.79 Å². The van der Waals surface area contributed by atoms with Crippen molar-refractivity contribution in [2.45, 2.75) is 49.3 Å². The van der Waals surface area contributed by atoms with Gasteiger partial charge in [0.15, 0.2) is 0 Å². The van der Waals surface area contributed by atoms with Crippen molar-refractivity contribution in [2.24, 2.45) is 17.6 Å². The number of carbonyl (C=O) groups is 1. The summed E-state index contributed by atoms with van der Waals surface area (Å²) in [6, 6.07) is 5.72. The summed E-state index contributed by atoms with van der Waals surface area (Å²) in [5.74, 6) is 1.34. The van der Waals surface area contributed by atoms with Gasteiger partial charge in [0.05, 0.1) is 32.0 Å². The van der Waals surface area contributed by atoms with E-state index in [2.05, 4.69) is 12.2 Å². The fourth-order valence-corrected chi connectivity index (χ4v) is 5.64. The molecule has 3 saturated heterocycles. The number of anilines is 1. The van der Waals surface area contributed by atoms with Crippen LogP contribution in [0.25, 0.3) is 0 Å². The Morgan fingerprint density at radius 2 is 2.23 bits per heavy atom. The highest BCUT2D eigenvalue weighted by Crippen LogP contribution is 2.57. The lowest BCUT2D eigenvalue weighted by Crippen LogP contribution is -2.49. The highest BCUT2D eigenvalue weighted by molar-refractivity contribution is 6.07. The van der Waals surface area contributed by atoms with Crippen LogP contribution >= 0.6 is 0 Å². The molecule has 0 radical (unpaired) electrons. The maximum Gasteiger partial charge on any atom is 0.237 e. The molecule has 0 aromatic heterocycles. The normalized spacial score (nSPS) is 43.1. The van der Waals surface area contributed by atoms with Gasteiger partial charge in [-0.2, -0.15) is 0 Å². The van der Waals surface area contributed by atoms with E-state index in [1.54, 1.807) is 7.11 Å². The average molecular weight is 358 g/mol. The quantitative estimate of drug-likeness (QED) is 0.805. The van der Waals surface area contributed by atoms with E-state index in [0.717, 1.165) is 36.4 Å². The van der Waals surface area contributed by atoms with Crippen molar-refractivity contribution in [1.29, 1.82) is 0 Å². The lowest BCUT2D eigenvalue weighted by atomic mass is 9.71. The zero-order valence-electron chi connectivity index (χ0n) is 15.3. The van der Waals surface area contributed by atoms with E-state index in [0.29, 0.717) is 18.9 Å². The molecule has 6 heteroatoms. The van der Waals surface area contributed by atoms with E-state index >= 15 is 0 Å². The monoisotopic (exact) mass is 358 g/mol. The van der Waals surface area contributed by atoms with E-state index in [-0.39, 0.29) is 29.6 Å². The van der Waals surface area contributed by atoms with Gasteiger partial charge in [-0.05, 0) is 36.8 Å². The number of carbonyl (C=O) groups excluding carboxylic acids is 1. The van der Waals surface area contributed by atoms with E-state index in [4.69, 9.17) is 19.9 Å². The standard InChI is InChI=1S/C20H26N2O4/c1-3-19(10-26-19)14-7-17-20(8-15(21)12(14)9-25-17)13-5-4-11(24-2)6-16(13)22-18(20)23/h4-6,12,14-15,17H,3,7-10,21H2,1-2H3,(H,22,23)/t12-,14+,15-,17+,19+,20-/m0/s1. The molecule has 6 rings (SSSR count). The number of hydrogen-bond acceptors (Lipinski definition) is 5. The third-order valence-electron chi connectivity index (χ3n) is 7.28. The molecule has 4 heterocycles. The highest BCUT2D eigenvalue weighted by atomic mass is 16.6. The SMILES string of the molecule is CC[C@]1([C@@H]2C[C@H]3OC[C@@H]2[C@@H](N)C[C@@]32C(=O)Nc3cc(OC)ccc32)CO1. The number of fused-ring (bicyclic) bond motifs is 4. The summed E-state index contributed by atoms with van der Waals surface area (Å²) in [4.78, 5) is 13.2. The summed E-state index contributed by atoms with van der Waals surface area (Å²) in [7, 11) is 1.63. The van der Waals surface area contributed by atoms with Gasteiger partial charge in [-0.3, -0.25) is 4.79 Å². The summed E-state index contributed by atoms with van der Waals surface area (Å²) in [5.41, 5.74) is 7.71. The highest BCUT2D eigenvalue weighted by Gasteiger charge is 2.64. The molecule has 4 aliphatic heterocycles. The molecule has 0 unspecified atom stereocenters. The second-order valence-electron chi connectivity index (χ2n) is 8.24. The number of nitrogens with one attached hydrogen (secondary N) is 1. The molecule has 6 atom stereocenters. The third-order valence-corrected chi connectivity index (χ3v) is 7.28. The van der Waals surface area contributed by atoms with Crippen LogP contribution in [0, 0.1) is 11.8 Å². The van der Waals surface area contributed by atoms with Crippen LogP contribution in [0.15, 0.2) is 18.2 Å². The van der Waals surface area contributed by atoms with Gasteiger partial charge in [-0.15, -0.1) is 0 Å². The van der Waals surface area contributed by atoms with Gasteiger partial charge < -0.3 is 25.3 Å². The molecule has 5 aliphatic rings. The minimum atomic E-state index is -0.714. The molecule has 140 valence electrons. The Balaban J connectivity index is 1.60. The molecule has 1 aliphatic carbocycles. The first-order chi connectivity index (χ1) is 12.5. The number of amides is 1. The Morgan fingerprint density at radius 3 is 2.92 bits per heavy atom. The van der Waals surface area contributed by atoms with E-state index < -0.39 is 5.41 Å². The van der Waals surface area contributed by atoms with Crippen LogP contribution in [0.1, 0.15) is 31.7 Å². The Labute approximate surface area is 153 Å². The van der Waals surface area contributed by atoms with Crippen molar-refractivity contribution in [3.05, 3.63) is 23.8 Å². The van der Waals surface area contributed by atoms with Gasteiger partial charge in [-0.25, -0.2) is 0 Å². The van der Waals surface area contributed by atoms with Crippen molar-refractivity contribution >= 4 is 11.6 Å². The van der Waals surface area contributed by atoms with E-state index in [1.807, 2.05) is 18.2 Å². The lowest BCUT2D eigenvalue weighted by molar-refractivity contribution is -0.131. The van der Waals surface area contributed by atoms with Gasteiger partial charge in [-0.1, -0.05) is 13.0 Å². The minimum absolute atomic E-state index is 0.00441. The number of hydrogen-bond donors (Lipinski definition) is 2. The van der Waals surface area contributed by atoms with Gasteiger partial charge in [0.25, 0.3) is 0 Å². The van der Waals surface area contributed by atoms with Crippen molar-refractivity contribution in [3.63, 3.8) is 0 Å². The second kappa shape index (κ2) is 5.44. The molecule has 26 heavy (non-hydrogen) atoms. The first-order valence-electron chi connectivity index (χ1n) is 9.55. The maximum atomic E-state index is 13.2. The van der Waals surface area contributed by atoms with Gasteiger partial charge in [0, 0.05) is 23.7 Å². The Hall–Kier alpha value is -1.63. The first kappa shape index (κ1) is 16.5. The van der Waals surface area contributed by atoms with Gasteiger partial charge in [0.1, 0.15) is 11.2 Å². The van der Waals surface area contributed by atoms with E-state index in [1.165, 1.54) is 0 Å². The zero-order valence-corrected chi connectivity index (χ0v) is 15.3. The molecular formula is C20H26N2O4. The van der Waals surface area contributed by atoms with Crippen molar-refractivity contribution in [3.8, 4) is 5.75 Å². The smallest absolute Gasteiger partial charge is 0.237 e. The molecular weight excluding hydrogens is 332 g/mol. The van der Waals surface area contributed by atoms with Crippen LogP contribution in [0.2, 0.25) is 0 Å². The Morgan fingerprint density at radius 1 is 1.42 bits per heavy atom. The number of nitrogens with two attached hydrogens (primary N) is 1. The molecule has 3 N–H and O–H groups in total. The summed E-state index contributed by atoms with van der Waals surface area (Å²) >= 11 is 0. The number of methoxy groups -OCH3 is 1. The van der Waals surface area contributed by atoms with Crippen LogP contribution in [-0.4, -0.2) is 44.0 Å². The number of benzene rings is 1. The maximum absolute atomic E-state index is 13.2. The van der Waals surface area contributed by atoms with Crippen LogP contribution in [0.3, 0.4) is 0 Å². The molecule has 2 bridgehead atoms. The molecule has 6 nitrogen and oxygen atoms in total. The van der Waals surface area contributed by atoms with Crippen molar-refractivity contribution in [1.82, 2.24) is 0 Å². The number of ether oxygens (including phenoxy) is 3. The molecule has 1 aromatic rings. The van der Waals surface area contributed by atoms with Crippen LogP contribution < -0.4 is 15.8 Å². The Kier molecular flexibility index (Phi) is 3.46. The average Bonchev–Trinajstić information content (AvgIpc) is 3.44. The molecule has 1 aromatic carbocycles. The minimum Gasteiger partial charge on any atom is -0.497 e. The summed E-state index contributed by atoms with van der Waals surface area (Å²) < 4.78 is 17.5. The van der Waals surface area contributed by atoms with Gasteiger partial charge >= 0.3 is 0 Å². The summed E-state index contributed by atoms with van der Waals surface area (Å²) in [6.45, 7) is 3.59. The predicted molar refractivity (Wildman–Crippen MR) is 96.2 cm³/mol. The molecule has 1 saturated carbocycles. The fraction of sp³-hybridized carbons (Fsp3) is 0.650. The molecule has 1 spiro atoms. The topological polar surface area (TPSA) is 86.1 Å². The van der Waals surface area contributed by atoms with Crippen molar-refractivity contribution < 1.29 is 19.0 Å². The lowest BCUT2D eigenvalue weighted by Gasteiger charge is -2.40. The van der Waals surface area contributed by atoms with Crippen LogP contribution in [-0.2, 0) is 19.7 Å². The molecule has 1 amide bonds. The fourth-order valence-electron chi connectivity index (χ4n) is 5.64. The third kappa shape index (κ3) is 2.01. The Bertz CT molecular complexity index is 762. The predicted octanol–water partition coefficient (Wildman–Crippen LogP) is 1.82. The van der Waals surface area contributed by atoms with Gasteiger partial charge in [0.2, 0.25) is 5.91 Å². The van der Waals surface area contributed by atoms with Crippen LogP contribution in [0.4, 0.5) is 5.69 Å². The zero-order chi connectivity index (χ0) is 18.1. The largest absolute Gasteiger partial charge is 0.497 e. The summed E-state index contributed by atoms with van der Waals surface area (Å²) in [5, 5.41) is 3.06. The van der Waals surface area contributed by atoms with Crippen molar-refractivity contribution in [2.75, 3.05) is 25.6 Å².